The molecule has 2 rings (SSSR count). The molecule has 1 aromatic carbocycles. The van der Waals surface area contributed by atoms with Crippen LogP contribution in [0.25, 0.3) is 0 Å². The maximum absolute atomic E-state index is 3.65. The molecule has 0 aliphatic heterocycles. The Hall–Kier alpha value is -0.980. The van der Waals surface area contributed by atoms with Gasteiger partial charge in [-0.1, -0.05) is 90.5 Å². The van der Waals surface area contributed by atoms with Crippen LogP contribution in [0.4, 0.5) is 5.69 Å². The normalized spacial score (nSPS) is 16.1. The molecule has 0 heterocycles. The van der Waals surface area contributed by atoms with Crippen LogP contribution in [0.1, 0.15) is 128 Å². The number of rotatable bonds is 15. The van der Waals surface area contributed by atoms with E-state index in [1.54, 1.807) is 5.56 Å². The van der Waals surface area contributed by atoms with Gasteiger partial charge in [-0.3, -0.25) is 0 Å². The highest BCUT2D eigenvalue weighted by molar-refractivity contribution is 5.48. The number of hydrogen-bond acceptors (Lipinski definition) is 1. The van der Waals surface area contributed by atoms with Crippen LogP contribution in [0.15, 0.2) is 18.2 Å². The number of unbranched alkanes of at least 4 members (excludes halogenated alkanes) is 7. The summed E-state index contributed by atoms with van der Waals surface area (Å²) in [6.07, 6.45) is 23.9. The van der Waals surface area contributed by atoms with Crippen molar-refractivity contribution in [2.24, 2.45) is 5.41 Å². The molecule has 0 spiro atoms. The van der Waals surface area contributed by atoms with Crippen molar-refractivity contribution in [3.8, 4) is 0 Å². The highest BCUT2D eigenvalue weighted by Crippen LogP contribution is 2.44. The van der Waals surface area contributed by atoms with Gasteiger partial charge >= 0.3 is 0 Å². The van der Waals surface area contributed by atoms with Gasteiger partial charge in [0, 0.05) is 12.2 Å². The molecule has 1 saturated carbocycles. The van der Waals surface area contributed by atoms with Crippen LogP contribution in [0.3, 0.4) is 0 Å². The van der Waals surface area contributed by atoms with Gasteiger partial charge in [-0.15, -0.1) is 0 Å². The van der Waals surface area contributed by atoms with E-state index >= 15 is 0 Å². The predicted molar refractivity (Wildman–Crippen MR) is 131 cm³/mol. The van der Waals surface area contributed by atoms with E-state index in [9.17, 15) is 0 Å². The standard InChI is InChI=1S/C28H49N/c1-4-6-8-9-10-15-23-29-27-17-16-26(25(3)24-27)18-22-28(19-12-7-5-2)20-13-11-14-21-28/h16-17,24,29H,4-15,18-23H2,1-3H3. The molecule has 1 fully saturated rings. The molecular weight excluding hydrogens is 350 g/mol. The summed E-state index contributed by atoms with van der Waals surface area (Å²) >= 11 is 0. The van der Waals surface area contributed by atoms with Crippen LogP contribution in [0, 0.1) is 12.3 Å². The van der Waals surface area contributed by atoms with E-state index in [4.69, 9.17) is 0 Å². The summed E-state index contributed by atoms with van der Waals surface area (Å²) in [5.74, 6) is 0. The topological polar surface area (TPSA) is 12.0 Å². The molecule has 0 atom stereocenters. The Morgan fingerprint density at radius 1 is 0.793 bits per heavy atom. The molecule has 1 aromatic rings. The number of benzene rings is 1. The van der Waals surface area contributed by atoms with Crippen LogP contribution in [0.5, 0.6) is 0 Å². The van der Waals surface area contributed by atoms with E-state index in [1.807, 2.05) is 0 Å². The largest absolute Gasteiger partial charge is 0.385 e. The molecular formula is C28H49N. The fraction of sp³-hybridized carbons (Fsp3) is 0.786. The molecule has 166 valence electrons. The summed E-state index contributed by atoms with van der Waals surface area (Å²) in [5.41, 5.74) is 5.03. The summed E-state index contributed by atoms with van der Waals surface area (Å²) in [6.45, 7) is 8.05. The molecule has 1 N–H and O–H groups in total. The lowest BCUT2D eigenvalue weighted by molar-refractivity contribution is 0.152. The highest BCUT2D eigenvalue weighted by Gasteiger charge is 2.31. The average Bonchev–Trinajstić information content (AvgIpc) is 2.73. The zero-order chi connectivity index (χ0) is 20.8. The van der Waals surface area contributed by atoms with Gasteiger partial charge in [-0.25, -0.2) is 0 Å². The van der Waals surface area contributed by atoms with Crippen LogP contribution < -0.4 is 5.32 Å². The fourth-order valence-electron chi connectivity index (χ4n) is 5.30. The number of aryl methyl sites for hydroxylation is 2. The summed E-state index contributed by atoms with van der Waals surface area (Å²) in [7, 11) is 0. The van der Waals surface area contributed by atoms with Gasteiger partial charge in [0.15, 0.2) is 0 Å². The van der Waals surface area contributed by atoms with Crippen molar-refractivity contribution < 1.29 is 0 Å². The Morgan fingerprint density at radius 2 is 1.48 bits per heavy atom. The monoisotopic (exact) mass is 399 g/mol. The van der Waals surface area contributed by atoms with Gasteiger partial charge in [0.05, 0.1) is 0 Å². The fourth-order valence-corrected chi connectivity index (χ4v) is 5.30. The van der Waals surface area contributed by atoms with E-state index in [-0.39, 0.29) is 0 Å². The Morgan fingerprint density at radius 3 is 2.21 bits per heavy atom. The van der Waals surface area contributed by atoms with E-state index in [0.717, 1.165) is 6.54 Å². The first-order valence-corrected chi connectivity index (χ1v) is 13.0. The second-order valence-corrected chi connectivity index (χ2v) is 9.85. The Kier molecular flexibility index (Phi) is 11.8. The molecule has 0 aromatic heterocycles. The molecule has 0 saturated heterocycles. The zero-order valence-electron chi connectivity index (χ0n) is 20.0. The van der Waals surface area contributed by atoms with Gasteiger partial charge in [0.25, 0.3) is 0 Å². The second kappa shape index (κ2) is 14.1. The van der Waals surface area contributed by atoms with Crippen molar-refractivity contribution in [3.05, 3.63) is 29.3 Å². The highest BCUT2D eigenvalue weighted by atomic mass is 14.9. The second-order valence-electron chi connectivity index (χ2n) is 9.85. The maximum Gasteiger partial charge on any atom is 0.0343 e. The van der Waals surface area contributed by atoms with Gasteiger partial charge < -0.3 is 5.32 Å². The van der Waals surface area contributed by atoms with Crippen molar-refractivity contribution in [3.63, 3.8) is 0 Å². The molecule has 1 aliphatic rings. The smallest absolute Gasteiger partial charge is 0.0343 e. The Labute approximate surface area is 182 Å². The van der Waals surface area contributed by atoms with Crippen molar-refractivity contribution in [2.45, 2.75) is 130 Å². The molecule has 0 radical (unpaired) electrons. The van der Waals surface area contributed by atoms with Crippen molar-refractivity contribution >= 4 is 5.69 Å². The molecule has 1 heteroatoms. The predicted octanol–water partition coefficient (Wildman–Crippen LogP) is 9.23. The molecule has 0 amide bonds. The molecule has 1 nitrogen and oxygen atoms in total. The minimum atomic E-state index is 0.647. The van der Waals surface area contributed by atoms with E-state index in [0.29, 0.717) is 5.41 Å². The third-order valence-electron chi connectivity index (χ3n) is 7.35. The van der Waals surface area contributed by atoms with Crippen LogP contribution in [-0.4, -0.2) is 6.54 Å². The van der Waals surface area contributed by atoms with Gasteiger partial charge in [0.2, 0.25) is 0 Å². The average molecular weight is 400 g/mol. The first-order valence-electron chi connectivity index (χ1n) is 13.0. The lowest BCUT2D eigenvalue weighted by Gasteiger charge is -2.38. The Bertz CT molecular complexity index is 541. The molecule has 0 unspecified atom stereocenters. The third-order valence-corrected chi connectivity index (χ3v) is 7.35. The van der Waals surface area contributed by atoms with Crippen molar-refractivity contribution in [1.29, 1.82) is 0 Å². The van der Waals surface area contributed by atoms with Gasteiger partial charge in [-0.05, 0) is 74.1 Å². The first kappa shape index (κ1) is 24.3. The minimum absolute atomic E-state index is 0.647. The summed E-state index contributed by atoms with van der Waals surface area (Å²) < 4.78 is 0. The molecule has 29 heavy (non-hydrogen) atoms. The quantitative estimate of drug-likeness (QED) is 0.290. The molecule has 0 bridgehead atoms. The lowest BCUT2D eigenvalue weighted by atomic mass is 9.67. The first-order chi connectivity index (χ1) is 14.2. The van der Waals surface area contributed by atoms with E-state index < -0.39 is 0 Å². The van der Waals surface area contributed by atoms with Gasteiger partial charge in [-0.2, -0.15) is 0 Å². The minimum Gasteiger partial charge on any atom is -0.385 e. The third kappa shape index (κ3) is 9.14. The zero-order valence-corrected chi connectivity index (χ0v) is 20.0. The lowest BCUT2D eigenvalue weighted by Crippen LogP contribution is -2.25. The van der Waals surface area contributed by atoms with Crippen LogP contribution >= 0.6 is 0 Å². The number of anilines is 1. The van der Waals surface area contributed by atoms with Gasteiger partial charge in [0.1, 0.15) is 0 Å². The number of hydrogen-bond donors (Lipinski definition) is 1. The van der Waals surface area contributed by atoms with Crippen molar-refractivity contribution in [2.75, 3.05) is 11.9 Å². The van der Waals surface area contributed by atoms with Crippen LogP contribution in [-0.2, 0) is 6.42 Å². The summed E-state index contributed by atoms with van der Waals surface area (Å²) in [5, 5.41) is 3.65. The summed E-state index contributed by atoms with van der Waals surface area (Å²) in [4.78, 5) is 0. The van der Waals surface area contributed by atoms with Crippen LogP contribution in [0.2, 0.25) is 0 Å². The maximum atomic E-state index is 3.65. The summed E-state index contributed by atoms with van der Waals surface area (Å²) in [6, 6.07) is 7.11. The van der Waals surface area contributed by atoms with Crippen molar-refractivity contribution in [1.82, 2.24) is 0 Å². The molecule has 1 aliphatic carbocycles. The van der Waals surface area contributed by atoms with E-state index in [2.05, 4.69) is 44.3 Å². The van der Waals surface area contributed by atoms with E-state index in [1.165, 1.54) is 120 Å². The SMILES string of the molecule is CCCCCCCCNc1ccc(CCC2(CCCCC)CCCCC2)c(C)c1. The Balaban J connectivity index is 1.78. The number of nitrogens with one attached hydrogen (secondary N) is 1.